The lowest BCUT2D eigenvalue weighted by Crippen LogP contribution is -2.20. The molecule has 2 aromatic carbocycles. The van der Waals surface area contributed by atoms with E-state index in [2.05, 4.69) is 0 Å². The molecular weight excluding hydrogens is 302 g/mol. The minimum Gasteiger partial charge on any atom is -0.497 e. The summed E-state index contributed by atoms with van der Waals surface area (Å²) in [6.07, 6.45) is 0. The maximum absolute atomic E-state index is 11.5. The third kappa shape index (κ3) is 4.47. The molecule has 0 aromatic heterocycles. The Bertz CT molecular complexity index is 608. The normalized spacial score (nSPS) is 10.9. The lowest BCUT2D eigenvalue weighted by atomic mass is 10.2. The zero-order valence-electron chi connectivity index (χ0n) is 12.6. The van der Waals surface area contributed by atoms with Crippen LogP contribution in [0.4, 0.5) is 0 Å². The summed E-state index contributed by atoms with van der Waals surface area (Å²) in [5, 5.41) is 0. The molecule has 0 amide bonds. The van der Waals surface area contributed by atoms with Crippen LogP contribution in [0.15, 0.2) is 48.5 Å². The Hall–Kier alpha value is -2.05. The van der Waals surface area contributed by atoms with Crippen LogP contribution in [0.3, 0.4) is 0 Å². The average molecular weight is 321 g/mol. The summed E-state index contributed by atoms with van der Waals surface area (Å²) >= 11 is 0. The van der Waals surface area contributed by atoms with Crippen molar-refractivity contribution in [2.24, 2.45) is 0 Å². The van der Waals surface area contributed by atoms with Crippen molar-refractivity contribution in [3.05, 3.63) is 59.7 Å². The highest BCUT2D eigenvalue weighted by Gasteiger charge is 2.10. The number of benzene rings is 2. The van der Waals surface area contributed by atoms with Crippen LogP contribution in [0, 0.1) is 0 Å². The van der Waals surface area contributed by atoms with Gasteiger partial charge < -0.3 is 9.47 Å². The summed E-state index contributed by atoms with van der Waals surface area (Å²) in [5.41, 5.74) is 1.82. The molecular formula is C16H19NO4S. The predicted molar refractivity (Wildman–Crippen MR) is 85.5 cm³/mol. The monoisotopic (exact) mass is 321 g/mol. The molecule has 22 heavy (non-hydrogen) atoms. The second-order valence-corrected chi connectivity index (χ2v) is 5.80. The van der Waals surface area contributed by atoms with E-state index in [-0.39, 0.29) is 0 Å². The Morgan fingerprint density at radius 1 is 0.773 bits per heavy atom. The molecule has 0 heterocycles. The number of rotatable bonds is 7. The van der Waals surface area contributed by atoms with E-state index in [0.29, 0.717) is 13.1 Å². The van der Waals surface area contributed by atoms with Gasteiger partial charge in [0, 0.05) is 13.1 Å². The van der Waals surface area contributed by atoms with Gasteiger partial charge >= 0.3 is 0 Å². The molecule has 0 bridgehead atoms. The second kappa shape index (κ2) is 7.82. The van der Waals surface area contributed by atoms with Crippen LogP contribution < -0.4 is 9.47 Å². The number of ether oxygens (including phenoxy) is 2. The molecule has 0 unspecified atom stereocenters. The number of thiol groups is 1. The molecule has 0 aliphatic heterocycles. The first-order valence-electron chi connectivity index (χ1n) is 6.77. The van der Waals surface area contributed by atoms with Crippen molar-refractivity contribution < 1.29 is 17.9 Å². The van der Waals surface area contributed by atoms with Gasteiger partial charge in [0.05, 0.1) is 14.2 Å². The van der Waals surface area contributed by atoms with E-state index in [9.17, 15) is 8.42 Å². The highest BCUT2D eigenvalue weighted by atomic mass is 32.2. The van der Waals surface area contributed by atoms with E-state index in [1.807, 2.05) is 48.5 Å². The third-order valence-corrected chi connectivity index (χ3v) is 4.02. The summed E-state index contributed by atoms with van der Waals surface area (Å²) in [6.45, 7) is 0.656. The van der Waals surface area contributed by atoms with Gasteiger partial charge in [-0.05, 0) is 35.4 Å². The Morgan fingerprint density at radius 2 is 1.14 bits per heavy atom. The van der Waals surface area contributed by atoms with Crippen LogP contribution in [-0.2, 0) is 24.0 Å². The van der Waals surface area contributed by atoms with Crippen molar-refractivity contribution in [3.63, 3.8) is 0 Å². The van der Waals surface area contributed by atoms with E-state index in [1.54, 1.807) is 14.2 Å². The Kier molecular flexibility index (Phi) is 5.80. The molecule has 0 saturated carbocycles. The van der Waals surface area contributed by atoms with Crippen LogP contribution in [-0.4, -0.2) is 26.9 Å². The molecule has 0 fully saturated rings. The van der Waals surface area contributed by atoms with Crippen molar-refractivity contribution in [1.82, 2.24) is 4.31 Å². The third-order valence-electron chi connectivity index (χ3n) is 3.28. The minimum atomic E-state index is -2.66. The predicted octanol–water partition coefficient (Wildman–Crippen LogP) is 2.23. The Labute approximate surface area is 132 Å². The van der Waals surface area contributed by atoms with Gasteiger partial charge in [0.1, 0.15) is 11.5 Å². The van der Waals surface area contributed by atoms with E-state index in [4.69, 9.17) is 9.47 Å². The summed E-state index contributed by atoms with van der Waals surface area (Å²) < 4.78 is 34.5. The van der Waals surface area contributed by atoms with Crippen LogP contribution in [0.5, 0.6) is 11.5 Å². The fourth-order valence-corrected chi connectivity index (χ4v) is 2.61. The summed E-state index contributed by atoms with van der Waals surface area (Å²) in [6, 6.07) is 14.7. The molecule has 0 spiro atoms. The quantitative estimate of drug-likeness (QED) is 0.795. The molecule has 118 valence electrons. The van der Waals surface area contributed by atoms with Crippen molar-refractivity contribution >= 4 is 10.9 Å². The molecule has 6 heteroatoms. The molecule has 0 saturated heterocycles. The van der Waals surface area contributed by atoms with Gasteiger partial charge in [-0.15, -0.1) is 0 Å². The molecule has 5 nitrogen and oxygen atoms in total. The fraction of sp³-hybridized carbons (Fsp3) is 0.250. The summed E-state index contributed by atoms with van der Waals surface area (Å²) in [5.74, 6) is 1.49. The minimum absolute atomic E-state index is 0.328. The first-order chi connectivity index (χ1) is 10.6. The van der Waals surface area contributed by atoms with Gasteiger partial charge in [0.15, 0.2) is 0 Å². The van der Waals surface area contributed by atoms with Crippen LogP contribution in [0.2, 0.25) is 0 Å². The summed E-state index contributed by atoms with van der Waals surface area (Å²) in [4.78, 5) is 0. The molecule has 0 aliphatic rings. The van der Waals surface area contributed by atoms with Crippen molar-refractivity contribution in [1.29, 1.82) is 0 Å². The molecule has 0 radical (unpaired) electrons. The number of nitrogens with zero attached hydrogens (tertiary/aromatic N) is 1. The number of methoxy groups -OCH3 is 2. The standard InChI is InChI=1S/C16H19NO4S/c1-20-15-7-3-13(4-8-15)11-17(22(18)19)12-14-5-9-16(21-2)10-6-14/h3-10,22H,11-12H2,1-2H3. The number of hydrogen-bond donors (Lipinski definition) is 1. The van der Waals surface area contributed by atoms with Crippen molar-refractivity contribution in [2.45, 2.75) is 13.1 Å². The first kappa shape index (κ1) is 16.3. The van der Waals surface area contributed by atoms with Crippen LogP contribution >= 0.6 is 0 Å². The van der Waals surface area contributed by atoms with Gasteiger partial charge in [-0.2, -0.15) is 4.31 Å². The lowest BCUT2D eigenvalue weighted by molar-refractivity contribution is 0.407. The van der Waals surface area contributed by atoms with Crippen LogP contribution in [0.1, 0.15) is 11.1 Å². The van der Waals surface area contributed by atoms with Gasteiger partial charge in [-0.1, -0.05) is 24.3 Å². The zero-order valence-corrected chi connectivity index (χ0v) is 13.5. The fourth-order valence-electron chi connectivity index (χ4n) is 2.05. The van der Waals surface area contributed by atoms with E-state index < -0.39 is 10.9 Å². The molecule has 2 rings (SSSR count). The maximum Gasteiger partial charge on any atom is 0.204 e. The van der Waals surface area contributed by atoms with Crippen LogP contribution in [0.25, 0.3) is 0 Å². The SMILES string of the molecule is COc1ccc(CN(Cc2ccc(OC)cc2)[SH](=O)=O)cc1. The van der Waals surface area contributed by atoms with Crippen molar-refractivity contribution in [3.8, 4) is 11.5 Å². The van der Waals surface area contributed by atoms with Gasteiger partial charge in [0.25, 0.3) is 0 Å². The summed E-state index contributed by atoms with van der Waals surface area (Å²) in [7, 11) is 0.531. The Balaban J connectivity index is 2.08. The largest absolute Gasteiger partial charge is 0.497 e. The second-order valence-electron chi connectivity index (χ2n) is 4.76. The van der Waals surface area contributed by atoms with Gasteiger partial charge in [-0.3, -0.25) is 0 Å². The molecule has 0 N–H and O–H groups in total. The molecule has 0 aliphatic carbocycles. The topological polar surface area (TPSA) is 55.8 Å². The van der Waals surface area contributed by atoms with Gasteiger partial charge in [-0.25, -0.2) is 8.42 Å². The van der Waals surface area contributed by atoms with Crippen molar-refractivity contribution in [2.75, 3.05) is 14.2 Å². The Morgan fingerprint density at radius 3 is 1.41 bits per heavy atom. The van der Waals surface area contributed by atoms with Gasteiger partial charge in [0.2, 0.25) is 10.9 Å². The highest BCUT2D eigenvalue weighted by molar-refractivity contribution is 7.69. The zero-order chi connectivity index (χ0) is 15.9. The smallest absolute Gasteiger partial charge is 0.204 e. The van der Waals surface area contributed by atoms with E-state index in [0.717, 1.165) is 22.6 Å². The lowest BCUT2D eigenvalue weighted by Gasteiger charge is -2.16. The average Bonchev–Trinajstić information content (AvgIpc) is 2.55. The first-order valence-corrected chi connectivity index (χ1v) is 7.90. The van der Waals surface area contributed by atoms with E-state index in [1.165, 1.54) is 4.31 Å². The highest BCUT2D eigenvalue weighted by Crippen LogP contribution is 2.16. The molecule has 0 atom stereocenters. The van der Waals surface area contributed by atoms with E-state index >= 15 is 0 Å². The number of hydrogen-bond acceptors (Lipinski definition) is 4. The maximum atomic E-state index is 11.5. The molecule has 2 aromatic rings.